The lowest BCUT2D eigenvalue weighted by Crippen LogP contribution is -2.37. The molecule has 0 N–H and O–H groups in total. The molecule has 0 aromatic heterocycles. The van der Waals surface area contributed by atoms with Crippen LogP contribution >= 0.6 is 46.6 Å². The van der Waals surface area contributed by atoms with Gasteiger partial charge in [-0.15, -0.1) is 11.6 Å². The minimum Gasteiger partial charge on any atom is -0.207 e. The molecule has 112 valence electrons. The van der Waals surface area contributed by atoms with E-state index in [1.165, 1.54) is 16.4 Å². The van der Waals surface area contributed by atoms with Crippen LogP contribution in [0.5, 0.6) is 0 Å². The number of alkyl halides is 1. The van der Waals surface area contributed by atoms with E-state index in [1.54, 1.807) is 18.8 Å². The number of hydrogen-bond acceptors (Lipinski definition) is 3. The number of hydrogen-bond donors (Lipinski definition) is 0. The molecule has 0 amide bonds. The van der Waals surface area contributed by atoms with E-state index < -0.39 is 10.0 Å². The van der Waals surface area contributed by atoms with E-state index in [2.05, 4.69) is 0 Å². The van der Waals surface area contributed by atoms with Crippen LogP contribution in [0.2, 0.25) is 10.0 Å². The van der Waals surface area contributed by atoms with Gasteiger partial charge in [0, 0.05) is 29.4 Å². The molecule has 0 radical (unpaired) electrons. The van der Waals surface area contributed by atoms with Crippen molar-refractivity contribution in [3.63, 3.8) is 0 Å². The molecule has 0 spiro atoms. The van der Waals surface area contributed by atoms with E-state index in [9.17, 15) is 8.42 Å². The van der Waals surface area contributed by atoms with Crippen LogP contribution in [0.3, 0.4) is 0 Å². The second kappa shape index (κ2) is 6.63. The van der Waals surface area contributed by atoms with Crippen molar-refractivity contribution in [3.8, 4) is 0 Å². The summed E-state index contributed by atoms with van der Waals surface area (Å²) in [6.45, 7) is 0. The molecule has 0 bridgehead atoms. The van der Waals surface area contributed by atoms with Crippen molar-refractivity contribution in [2.75, 3.05) is 18.6 Å². The second-order valence-corrected chi connectivity index (χ2v) is 8.68. The van der Waals surface area contributed by atoms with Gasteiger partial charge in [0.2, 0.25) is 10.0 Å². The average molecular weight is 375 g/mol. The lowest BCUT2D eigenvalue weighted by atomic mass is 10.2. The fraction of sp³-hybridized carbons (Fsp3) is 0.500. The van der Waals surface area contributed by atoms with Crippen LogP contribution < -0.4 is 0 Å². The molecule has 1 aliphatic rings. The molecule has 1 atom stereocenters. The summed E-state index contributed by atoms with van der Waals surface area (Å²) in [5.74, 6) is 1.86. The van der Waals surface area contributed by atoms with Crippen LogP contribution in [0.25, 0.3) is 0 Å². The van der Waals surface area contributed by atoms with Crippen molar-refractivity contribution in [2.45, 2.75) is 23.2 Å². The van der Waals surface area contributed by atoms with Crippen LogP contribution in [0.15, 0.2) is 17.0 Å². The molecular weight excluding hydrogens is 361 g/mol. The van der Waals surface area contributed by atoms with E-state index in [1.807, 2.05) is 0 Å². The summed E-state index contributed by atoms with van der Waals surface area (Å²) in [6, 6.07) is 2.97. The molecule has 3 nitrogen and oxygen atoms in total. The highest BCUT2D eigenvalue weighted by Crippen LogP contribution is 2.35. The number of nitrogens with zero attached hydrogens (tertiary/aromatic N) is 1. The van der Waals surface area contributed by atoms with Crippen molar-refractivity contribution in [2.24, 2.45) is 0 Å². The highest BCUT2D eigenvalue weighted by Gasteiger charge is 2.32. The van der Waals surface area contributed by atoms with E-state index in [0.29, 0.717) is 10.6 Å². The maximum absolute atomic E-state index is 12.7. The summed E-state index contributed by atoms with van der Waals surface area (Å²) in [5, 5.41) is 0.494. The largest absolute Gasteiger partial charge is 0.244 e. The second-order valence-electron chi connectivity index (χ2n) is 4.51. The Labute approximate surface area is 138 Å². The molecular formula is C12H14Cl3NO2S2. The van der Waals surface area contributed by atoms with Gasteiger partial charge in [-0.25, -0.2) is 8.42 Å². The number of benzene rings is 1. The molecule has 8 heteroatoms. The molecule has 1 aliphatic heterocycles. The predicted molar refractivity (Wildman–Crippen MR) is 86.7 cm³/mol. The molecule has 1 fully saturated rings. The van der Waals surface area contributed by atoms with Gasteiger partial charge in [0.1, 0.15) is 4.90 Å². The van der Waals surface area contributed by atoms with Crippen LogP contribution in [0.4, 0.5) is 0 Å². The van der Waals surface area contributed by atoms with Crippen molar-refractivity contribution < 1.29 is 8.42 Å². The van der Waals surface area contributed by atoms with E-state index >= 15 is 0 Å². The molecule has 20 heavy (non-hydrogen) atoms. The van der Waals surface area contributed by atoms with Crippen LogP contribution in [0, 0.1) is 0 Å². The summed E-state index contributed by atoms with van der Waals surface area (Å²) in [6.07, 6.45) is 0.855. The van der Waals surface area contributed by atoms with Gasteiger partial charge in [0.15, 0.2) is 0 Å². The predicted octanol–water partition coefficient (Wildman–Crippen LogP) is 3.86. The lowest BCUT2D eigenvalue weighted by molar-refractivity contribution is 0.394. The van der Waals surface area contributed by atoms with Crippen LogP contribution in [-0.2, 0) is 15.9 Å². The quantitative estimate of drug-likeness (QED) is 0.751. The van der Waals surface area contributed by atoms with Crippen molar-refractivity contribution in [1.29, 1.82) is 0 Å². The SMILES string of the molecule is CN(C1CCSC1)S(=O)(=O)c1ccc(Cl)c(CCl)c1Cl. The summed E-state index contributed by atoms with van der Waals surface area (Å²) in [7, 11) is -2.04. The number of halogens is 3. The van der Waals surface area contributed by atoms with Gasteiger partial charge in [0.25, 0.3) is 0 Å². The highest BCUT2D eigenvalue weighted by atomic mass is 35.5. The third-order valence-electron chi connectivity index (χ3n) is 3.36. The summed E-state index contributed by atoms with van der Waals surface area (Å²) in [4.78, 5) is 0.0682. The van der Waals surface area contributed by atoms with Gasteiger partial charge >= 0.3 is 0 Å². The Bertz CT molecular complexity index is 601. The summed E-state index contributed by atoms with van der Waals surface area (Å²) in [5.41, 5.74) is 0.449. The first-order valence-electron chi connectivity index (χ1n) is 5.98. The Morgan fingerprint density at radius 3 is 2.65 bits per heavy atom. The smallest absolute Gasteiger partial charge is 0.207 e. The highest BCUT2D eigenvalue weighted by molar-refractivity contribution is 7.99. The van der Waals surface area contributed by atoms with Crippen molar-refractivity contribution in [3.05, 3.63) is 27.7 Å². The molecule has 1 unspecified atom stereocenters. The first-order chi connectivity index (χ1) is 9.39. The first-order valence-corrected chi connectivity index (χ1v) is 9.86. The zero-order chi connectivity index (χ0) is 14.9. The van der Waals surface area contributed by atoms with Gasteiger partial charge in [-0.05, 0) is 24.3 Å². The zero-order valence-electron chi connectivity index (χ0n) is 10.8. The standard InChI is InChI=1S/C12H14Cl3NO2S2/c1-16(8-4-5-19-7-8)20(17,18)11-3-2-10(14)9(6-13)12(11)15/h2-3,8H,4-7H2,1H3. The molecule has 1 aromatic carbocycles. The maximum atomic E-state index is 12.7. The van der Waals surface area contributed by atoms with E-state index in [-0.39, 0.29) is 21.8 Å². The third-order valence-corrected chi connectivity index (χ3v) is 7.62. The Hall–Kier alpha value is 0.350. The molecule has 0 saturated carbocycles. The summed E-state index contributed by atoms with van der Waals surface area (Å²) >= 11 is 19.7. The van der Waals surface area contributed by atoms with Gasteiger partial charge in [0.05, 0.1) is 10.9 Å². The number of sulfonamides is 1. The molecule has 2 rings (SSSR count). The van der Waals surface area contributed by atoms with E-state index in [0.717, 1.165) is 17.9 Å². The fourth-order valence-electron chi connectivity index (χ4n) is 2.06. The Morgan fingerprint density at radius 2 is 2.10 bits per heavy atom. The molecule has 1 saturated heterocycles. The minimum absolute atomic E-state index is 0.0104. The maximum Gasteiger partial charge on any atom is 0.244 e. The molecule has 0 aliphatic carbocycles. The van der Waals surface area contributed by atoms with Gasteiger partial charge < -0.3 is 0 Å². The Kier molecular flexibility index (Phi) is 5.54. The molecule has 1 aromatic rings. The van der Waals surface area contributed by atoms with E-state index in [4.69, 9.17) is 34.8 Å². The zero-order valence-corrected chi connectivity index (χ0v) is 14.7. The van der Waals surface area contributed by atoms with Crippen LogP contribution in [0.1, 0.15) is 12.0 Å². The summed E-state index contributed by atoms with van der Waals surface area (Å²) < 4.78 is 26.7. The third kappa shape index (κ3) is 3.08. The Morgan fingerprint density at radius 1 is 1.40 bits per heavy atom. The van der Waals surface area contributed by atoms with Gasteiger partial charge in [-0.1, -0.05) is 23.2 Å². The van der Waals surface area contributed by atoms with Crippen LogP contribution in [-0.4, -0.2) is 37.3 Å². The normalized spacial score (nSPS) is 19.8. The van der Waals surface area contributed by atoms with Gasteiger partial charge in [-0.3, -0.25) is 0 Å². The minimum atomic E-state index is -3.63. The fourth-order valence-corrected chi connectivity index (χ4v) is 6.10. The Balaban J connectivity index is 2.44. The number of rotatable bonds is 4. The average Bonchev–Trinajstić information content (AvgIpc) is 2.91. The van der Waals surface area contributed by atoms with Crippen molar-refractivity contribution >= 4 is 56.6 Å². The molecule has 1 heterocycles. The lowest BCUT2D eigenvalue weighted by Gasteiger charge is -2.24. The van der Waals surface area contributed by atoms with Crippen molar-refractivity contribution in [1.82, 2.24) is 4.31 Å². The number of thioether (sulfide) groups is 1. The van der Waals surface area contributed by atoms with Gasteiger partial charge in [-0.2, -0.15) is 16.1 Å². The monoisotopic (exact) mass is 373 g/mol. The first kappa shape index (κ1) is 16.7. The topological polar surface area (TPSA) is 37.4 Å².